The lowest BCUT2D eigenvalue weighted by molar-refractivity contribution is 0.113. The van der Waals surface area contributed by atoms with Gasteiger partial charge in [0.05, 0.1) is 10.5 Å². The fourth-order valence-electron chi connectivity index (χ4n) is 4.74. The Morgan fingerprint density at radius 2 is 1.80 bits per heavy atom. The van der Waals surface area contributed by atoms with Gasteiger partial charge in [0, 0.05) is 31.9 Å². The zero-order chi connectivity index (χ0) is 21.5. The monoisotopic (exact) mass is 433 g/mol. The first-order valence-electron chi connectivity index (χ1n) is 9.95. The number of rotatable bonds is 3. The summed E-state index contributed by atoms with van der Waals surface area (Å²) in [6, 6.07) is 3.69. The van der Waals surface area contributed by atoms with E-state index in [1.165, 1.54) is 0 Å². The topological polar surface area (TPSA) is 171 Å². The molecule has 3 heterocycles. The van der Waals surface area contributed by atoms with Crippen LogP contribution in [-0.2, 0) is 10.0 Å². The molecule has 2 fully saturated rings. The van der Waals surface area contributed by atoms with E-state index in [9.17, 15) is 8.42 Å². The van der Waals surface area contributed by atoms with Crippen LogP contribution < -0.4 is 15.8 Å². The van der Waals surface area contributed by atoms with Gasteiger partial charge in [0.2, 0.25) is 10.0 Å². The van der Waals surface area contributed by atoms with Gasteiger partial charge in [-0.3, -0.25) is 5.41 Å². The molecule has 30 heavy (non-hydrogen) atoms. The molecule has 0 amide bonds. The van der Waals surface area contributed by atoms with Crippen LogP contribution in [0.4, 0.5) is 5.69 Å². The third-order valence-electron chi connectivity index (χ3n) is 6.53. The molecule has 11 nitrogen and oxygen atoms in total. The maximum atomic E-state index is 12.4. The minimum Gasteiger partial charge on any atom is -0.371 e. The van der Waals surface area contributed by atoms with Crippen molar-refractivity contribution in [3.8, 4) is 11.4 Å². The number of likely N-dealkylation sites (tertiary alicyclic amines) is 1. The van der Waals surface area contributed by atoms with Crippen molar-refractivity contribution in [1.29, 1.82) is 5.41 Å². The van der Waals surface area contributed by atoms with E-state index in [2.05, 4.69) is 25.5 Å². The second kappa shape index (κ2) is 7.51. The number of aryl methyl sites for hydroxylation is 1. The van der Waals surface area contributed by atoms with Crippen LogP contribution in [0, 0.1) is 17.7 Å². The number of nitrogens with one attached hydrogen (secondary N) is 2. The zero-order valence-corrected chi connectivity index (χ0v) is 17.7. The lowest BCUT2D eigenvalue weighted by atomic mass is 9.71. The molecule has 0 aliphatic carbocycles. The second-order valence-corrected chi connectivity index (χ2v) is 9.76. The average Bonchev–Trinajstić information content (AvgIpc) is 3.22. The minimum absolute atomic E-state index is 0.0496. The third kappa shape index (κ3) is 3.72. The smallest absolute Gasteiger partial charge is 0.239 e. The van der Waals surface area contributed by atoms with Crippen molar-refractivity contribution in [2.24, 2.45) is 16.3 Å². The molecule has 4 rings (SSSR count). The number of primary sulfonamides is 1. The highest BCUT2D eigenvalue weighted by atomic mass is 32.2. The van der Waals surface area contributed by atoms with Crippen LogP contribution >= 0.6 is 0 Å². The van der Waals surface area contributed by atoms with Gasteiger partial charge in [-0.25, -0.2) is 18.7 Å². The van der Waals surface area contributed by atoms with Gasteiger partial charge >= 0.3 is 0 Å². The van der Waals surface area contributed by atoms with Gasteiger partial charge in [0.15, 0.2) is 11.8 Å². The first kappa shape index (κ1) is 20.5. The maximum absolute atomic E-state index is 12.4. The van der Waals surface area contributed by atoms with E-state index < -0.39 is 10.0 Å². The van der Waals surface area contributed by atoms with Crippen molar-refractivity contribution in [3.05, 3.63) is 17.7 Å². The van der Waals surface area contributed by atoms with Crippen molar-refractivity contribution in [3.63, 3.8) is 0 Å². The Labute approximate surface area is 175 Å². The first-order valence-corrected chi connectivity index (χ1v) is 11.5. The summed E-state index contributed by atoms with van der Waals surface area (Å²) in [5.41, 5.74) is 7.61. The quantitative estimate of drug-likeness (QED) is 0.398. The molecular weight excluding hydrogens is 406 g/mol. The van der Waals surface area contributed by atoms with Gasteiger partial charge in [0.25, 0.3) is 0 Å². The minimum atomic E-state index is -3.97. The molecule has 1 aromatic carbocycles. The summed E-state index contributed by atoms with van der Waals surface area (Å²) in [4.78, 5) is 4.16. The van der Waals surface area contributed by atoms with E-state index in [1.807, 2.05) is 11.0 Å². The molecule has 2 aliphatic rings. The molecule has 2 saturated heterocycles. The number of aromatic nitrogens is 4. The normalized spacial score (nSPS) is 19.3. The van der Waals surface area contributed by atoms with E-state index in [-0.39, 0.29) is 22.1 Å². The van der Waals surface area contributed by atoms with Gasteiger partial charge in [-0.15, -0.1) is 5.10 Å². The third-order valence-corrected chi connectivity index (χ3v) is 7.62. The number of H-pyrrole nitrogens is 1. The Kier molecular flexibility index (Phi) is 5.14. The van der Waals surface area contributed by atoms with Gasteiger partial charge in [-0.05, 0) is 60.1 Å². The molecule has 0 atom stereocenters. The lowest BCUT2D eigenvalue weighted by Gasteiger charge is -2.47. The maximum Gasteiger partial charge on any atom is 0.239 e. The predicted octanol–water partition coefficient (Wildman–Crippen LogP) is 0.398. The summed E-state index contributed by atoms with van der Waals surface area (Å²) in [5, 5.41) is 27.1. The van der Waals surface area contributed by atoms with E-state index in [4.69, 9.17) is 16.3 Å². The fraction of sp³-hybridized carbons (Fsp3) is 0.556. The van der Waals surface area contributed by atoms with Crippen molar-refractivity contribution >= 4 is 21.7 Å². The van der Waals surface area contributed by atoms with Gasteiger partial charge in [-0.2, -0.15) is 0 Å². The number of tetrazole rings is 1. The number of sulfonamides is 1. The van der Waals surface area contributed by atoms with E-state index in [0.717, 1.165) is 57.5 Å². The molecule has 0 saturated carbocycles. The van der Waals surface area contributed by atoms with Crippen molar-refractivity contribution < 1.29 is 8.42 Å². The number of anilines is 1. The Hall–Kier alpha value is -2.73. The van der Waals surface area contributed by atoms with Crippen LogP contribution in [-0.4, -0.2) is 66.1 Å². The number of nitrogens with zero attached hydrogens (tertiary/aromatic N) is 5. The molecule has 2 aromatic rings. The molecule has 0 radical (unpaired) electrons. The number of hydrogen-bond donors (Lipinski definition) is 4. The zero-order valence-electron chi connectivity index (χ0n) is 16.9. The van der Waals surface area contributed by atoms with Crippen LogP contribution in [0.5, 0.6) is 0 Å². The Morgan fingerprint density at radius 3 is 2.33 bits per heavy atom. The number of benzene rings is 1. The SMILES string of the molecule is Cc1ccc(N2CCC3(CCN(C(=N)N)CC3)CC2)c(-c2nnn[nH]2)c1S(N)(=O)=O. The lowest BCUT2D eigenvalue weighted by Crippen LogP contribution is -2.49. The number of piperidine rings is 2. The molecule has 1 spiro atoms. The molecule has 2 aliphatic heterocycles. The summed E-state index contributed by atoms with van der Waals surface area (Å²) in [6.07, 6.45) is 4.00. The van der Waals surface area contributed by atoms with Gasteiger partial charge in [0.1, 0.15) is 0 Å². The van der Waals surface area contributed by atoms with Gasteiger partial charge in [-0.1, -0.05) is 6.07 Å². The van der Waals surface area contributed by atoms with Crippen LogP contribution in [0.1, 0.15) is 31.2 Å². The van der Waals surface area contributed by atoms with E-state index in [1.54, 1.807) is 13.0 Å². The number of hydrogen-bond acceptors (Lipinski definition) is 7. The number of aromatic amines is 1. The molecule has 162 valence electrons. The van der Waals surface area contributed by atoms with Crippen LogP contribution in [0.25, 0.3) is 11.4 Å². The summed E-state index contributed by atoms with van der Waals surface area (Å²) in [7, 11) is -3.97. The Balaban J connectivity index is 1.63. The molecular formula is C18H27N9O2S. The second-order valence-electron chi connectivity index (χ2n) is 8.26. The number of guanidine groups is 1. The van der Waals surface area contributed by atoms with Crippen LogP contribution in [0.15, 0.2) is 17.0 Å². The Morgan fingerprint density at radius 1 is 1.17 bits per heavy atom. The molecule has 0 bridgehead atoms. The Bertz CT molecular complexity index is 1030. The highest BCUT2D eigenvalue weighted by Crippen LogP contribution is 2.44. The highest BCUT2D eigenvalue weighted by Gasteiger charge is 2.39. The molecule has 0 unspecified atom stereocenters. The fourth-order valence-corrected chi connectivity index (χ4v) is 5.75. The standard InChI is InChI=1S/C18H27N9O2S/c1-12-2-3-13(14(15(12)30(21,28)29)16-22-24-25-23-16)26-8-4-18(5-9-26)6-10-27(11-7-18)17(19)20/h2-3H,4-11H2,1H3,(H3,19,20)(H2,21,28,29)(H,22,23,24,25). The van der Waals surface area contributed by atoms with Crippen molar-refractivity contribution in [1.82, 2.24) is 25.5 Å². The summed E-state index contributed by atoms with van der Waals surface area (Å²) < 4.78 is 24.8. The molecule has 1 aromatic heterocycles. The molecule has 12 heteroatoms. The van der Waals surface area contributed by atoms with Gasteiger partial charge < -0.3 is 15.5 Å². The molecule has 6 N–H and O–H groups in total. The van der Waals surface area contributed by atoms with Crippen LogP contribution in [0.3, 0.4) is 0 Å². The largest absolute Gasteiger partial charge is 0.371 e. The average molecular weight is 434 g/mol. The van der Waals surface area contributed by atoms with Crippen molar-refractivity contribution in [2.75, 3.05) is 31.1 Å². The van der Waals surface area contributed by atoms with E-state index >= 15 is 0 Å². The summed E-state index contributed by atoms with van der Waals surface area (Å²) in [5.74, 6) is 0.426. The van der Waals surface area contributed by atoms with E-state index in [0.29, 0.717) is 11.1 Å². The summed E-state index contributed by atoms with van der Waals surface area (Å²) in [6.45, 7) is 4.92. The number of nitrogens with two attached hydrogens (primary N) is 2. The van der Waals surface area contributed by atoms with Crippen molar-refractivity contribution in [2.45, 2.75) is 37.5 Å². The highest BCUT2D eigenvalue weighted by molar-refractivity contribution is 7.89. The first-order chi connectivity index (χ1) is 14.2. The summed E-state index contributed by atoms with van der Waals surface area (Å²) >= 11 is 0. The predicted molar refractivity (Wildman–Crippen MR) is 112 cm³/mol. The van der Waals surface area contributed by atoms with Crippen LogP contribution in [0.2, 0.25) is 0 Å².